The predicted molar refractivity (Wildman–Crippen MR) is 79.1 cm³/mol. The average Bonchev–Trinajstić information content (AvgIpc) is 3.01. The number of fused-ring (bicyclic) bond motifs is 1. The molecular formula is C16H15F3N2O3. The molecule has 0 saturated heterocycles. The van der Waals surface area contributed by atoms with E-state index in [2.05, 4.69) is 5.16 Å². The summed E-state index contributed by atoms with van der Waals surface area (Å²) in [5.74, 6) is -0.431. The maximum atomic E-state index is 13.2. The Bertz CT molecular complexity index is 755. The Morgan fingerprint density at radius 3 is 2.92 bits per heavy atom. The molecule has 1 aromatic carbocycles. The molecule has 0 atom stereocenters. The summed E-state index contributed by atoms with van der Waals surface area (Å²) in [6.45, 7) is 2.44. The molecule has 1 aliphatic rings. The Morgan fingerprint density at radius 2 is 2.21 bits per heavy atom. The second-order valence-electron chi connectivity index (χ2n) is 5.32. The van der Waals surface area contributed by atoms with Gasteiger partial charge in [-0.15, -0.1) is 0 Å². The summed E-state index contributed by atoms with van der Waals surface area (Å²) in [6.07, 6.45) is -3.74. The minimum Gasteiger partial charge on any atom is -0.476 e. The second kappa shape index (κ2) is 6.18. The van der Waals surface area contributed by atoms with E-state index in [1.165, 1.54) is 23.1 Å². The number of halogens is 3. The van der Waals surface area contributed by atoms with Crippen LogP contribution in [-0.2, 0) is 12.6 Å². The molecule has 128 valence electrons. The third-order valence-electron chi connectivity index (χ3n) is 3.79. The van der Waals surface area contributed by atoms with Gasteiger partial charge in [-0.2, -0.15) is 13.2 Å². The first-order valence-electron chi connectivity index (χ1n) is 7.52. The van der Waals surface area contributed by atoms with Gasteiger partial charge in [-0.1, -0.05) is 6.07 Å². The highest BCUT2D eigenvalue weighted by molar-refractivity contribution is 6.05. The molecule has 0 aliphatic carbocycles. The fourth-order valence-corrected chi connectivity index (χ4v) is 2.81. The van der Waals surface area contributed by atoms with E-state index in [9.17, 15) is 18.0 Å². The Kier molecular flexibility index (Phi) is 4.21. The second-order valence-corrected chi connectivity index (χ2v) is 5.32. The van der Waals surface area contributed by atoms with Gasteiger partial charge >= 0.3 is 6.18 Å². The lowest BCUT2D eigenvalue weighted by molar-refractivity contribution is -0.138. The highest BCUT2D eigenvalue weighted by Crippen LogP contribution is 2.39. The number of aromatic nitrogens is 1. The molecule has 0 radical (unpaired) electrons. The lowest BCUT2D eigenvalue weighted by Crippen LogP contribution is -2.36. The van der Waals surface area contributed by atoms with E-state index in [1.807, 2.05) is 0 Å². The van der Waals surface area contributed by atoms with Gasteiger partial charge in [0.25, 0.3) is 11.8 Å². The van der Waals surface area contributed by atoms with Crippen molar-refractivity contribution in [2.75, 3.05) is 18.1 Å². The molecule has 0 bridgehead atoms. The Labute approximate surface area is 136 Å². The van der Waals surface area contributed by atoms with Crippen molar-refractivity contribution in [3.05, 3.63) is 41.2 Å². The van der Waals surface area contributed by atoms with E-state index in [1.54, 1.807) is 6.92 Å². The highest BCUT2D eigenvalue weighted by atomic mass is 19.4. The fourth-order valence-electron chi connectivity index (χ4n) is 2.81. The van der Waals surface area contributed by atoms with Crippen LogP contribution in [0.5, 0.6) is 5.88 Å². The van der Waals surface area contributed by atoms with Gasteiger partial charge in [0.1, 0.15) is 0 Å². The van der Waals surface area contributed by atoms with Crippen LogP contribution in [0.3, 0.4) is 0 Å². The lowest BCUT2D eigenvalue weighted by atomic mass is 9.95. The van der Waals surface area contributed by atoms with Gasteiger partial charge in [0.05, 0.1) is 18.2 Å². The molecule has 0 saturated carbocycles. The summed E-state index contributed by atoms with van der Waals surface area (Å²) < 4.78 is 49.6. The van der Waals surface area contributed by atoms with Crippen molar-refractivity contribution in [1.82, 2.24) is 5.16 Å². The van der Waals surface area contributed by atoms with Crippen LogP contribution in [0.4, 0.5) is 18.9 Å². The van der Waals surface area contributed by atoms with Crippen LogP contribution in [0.2, 0.25) is 0 Å². The van der Waals surface area contributed by atoms with E-state index in [0.717, 1.165) is 6.07 Å². The molecule has 0 spiro atoms. The predicted octanol–water partition coefficient (Wildman–Crippen LogP) is 3.69. The van der Waals surface area contributed by atoms with Crippen LogP contribution in [0.1, 0.15) is 35.0 Å². The normalized spacial score (nSPS) is 14.4. The number of rotatable bonds is 3. The zero-order valence-corrected chi connectivity index (χ0v) is 12.9. The first kappa shape index (κ1) is 16.4. The van der Waals surface area contributed by atoms with Crippen molar-refractivity contribution in [3.63, 3.8) is 0 Å². The van der Waals surface area contributed by atoms with Gasteiger partial charge < -0.3 is 14.2 Å². The SMILES string of the molecule is CCOc1cc(C(=O)N2CCCc3c2cccc3C(F)(F)F)on1. The zero-order chi connectivity index (χ0) is 17.3. The number of hydrogen-bond acceptors (Lipinski definition) is 4. The van der Waals surface area contributed by atoms with Crippen molar-refractivity contribution < 1.29 is 27.2 Å². The highest BCUT2D eigenvalue weighted by Gasteiger charge is 2.37. The monoisotopic (exact) mass is 340 g/mol. The van der Waals surface area contributed by atoms with Gasteiger partial charge in [0, 0.05) is 12.2 Å². The molecule has 0 unspecified atom stereocenters. The number of hydrogen-bond donors (Lipinski definition) is 0. The zero-order valence-electron chi connectivity index (χ0n) is 12.9. The largest absolute Gasteiger partial charge is 0.476 e. The Hall–Kier alpha value is -2.51. The van der Waals surface area contributed by atoms with E-state index in [-0.39, 0.29) is 29.3 Å². The van der Waals surface area contributed by atoms with E-state index < -0.39 is 17.6 Å². The summed E-state index contributed by atoms with van der Waals surface area (Å²) >= 11 is 0. The van der Waals surface area contributed by atoms with Gasteiger partial charge in [-0.3, -0.25) is 4.79 Å². The molecule has 3 rings (SSSR count). The fraction of sp³-hybridized carbons (Fsp3) is 0.375. The maximum absolute atomic E-state index is 13.2. The number of ether oxygens (including phenoxy) is 1. The van der Waals surface area contributed by atoms with Crippen LogP contribution in [0.15, 0.2) is 28.8 Å². The topological polar surface area (TPSA) is 55.6 Å². The van der Waals surface area contributed by atoms with Crippen LogP contribution in [-0.4, -0.2) is 24.2 Å². The molecule has 0 N–H and O–H groups in total. The van der Waals surface area contributed by atoms with Gasteiger partial charge in [0.15, 0.2) is 0 Å². The number of alkyl halides is 3. The molecule has 1 aromatic heterocycles. The summed E-state index contributed by atoms with van der Waals surface area (Å²) in [6, 6.07) is 5.20. The molecule has 0 fully saturated rings. The quantitative estimate of drug-likeness (QED) is 0.855. The first-order chi connectivity index (χ1) is 11.4. The number of nitrogens with zero attached hydrogens (tertiary/aromatic N) is 2. The Morgan fingerprint density at radius 1 is 1.42 bits per heavy atom. The van der Waals surface area contributed by atoms with Crippen molar-refractivity contribution in [2.45, 2.75) is 25.9 Å². The first-order valence-corrected chi connectivity index (χ1v) is 7.52. The van der Waals surface area contributed by atoms with Crippen molar-refractivity contribution in [3.8, 4) is 5.88 Å². The van der Waals surface area contributed by atoms with E-state index in [0.29, 0.717) is 19.6 Å². The molecule has 2 heterocycles. The van der Waals surface area contributed by atoms with Crippen molar-refractivity contribution >= 4 is 11.6 Å². The van der Waals surface area contributed by atoms with Gasteiger partial charge in [-0.25, -0.2) is 0 Å². The van der Waals surface area contributed by atoms with Crippen LogP contribution in [0, 0.1) is 0 Å². The molecule has 1 aliphatic heterocycles. The molecule has 5 nitrogen and oxygen atoms in total. The van der Waals surface area contributed by atoms with Gasteiger partial charge in [0.2, 0.25) is 5.76 Å². The van der Waals surface area contributed by atoms with Crippen molar-refractivity contribution in [2.24, 2.45) is 0 Å². The lowest BCUT2D eigenvalue weighted by Gasteiger charge is -2.30. The minimum absolute atomic E-state index is 0.0660. The van der Waals surface area contributed by atoms with Crippen LogP contribution < -0.4 is 9.64 Å². The van der Waals surface area contributed by atoms with Gasteiger partial charge in [-0.05, 0) is 42.6 Å². The number of carbonyl (C=O) groups is 1. The molecule has 24 heavy (non-hydrogen) atoms. The number of amides is 1. The van der Waals surface area contributed by atoms with E-state index >= 15 is 0 Å². The molecule has 2 aromatic rings. The Balaban J connectivity index is 1.96. The number of benzene rings is 1. The van der Waals surface area contributed by atoms with Crippen LogP contribution in [0.25, 0.3) is 0 Å². The number of anilines is 1. The third-order valence-corrected chi connectivity index (χ3v) is 3.79. The summed E-state index contributed by atoms with van der Waals surface area (Å²) in [5.41, 5.74) is -0.311. The summed E-state index contributed by atoms with van der Waals surface area (Å²) in [4.78, 5) is 13.9. The number of carbonyl (C=O) groups excluding carboxylic acids is 1. The third kappa shape index (κ3) is 2.95. The molecular weight excluding hydrogens is 325 g/mol. The standard InChI is InChI=1S/C16H15F3N2O3/c1-2-23-14-9-13(24-20-14)15(22)21-8-4-5-10-11(16(17,18)19)6-3-7-12(10)21/h3,6-7,9H,2,4-5,8H2,1H3. The average molecular weight is 340 g/mol. The molecule has 1 amide bonds. The maximum Gasteiger partial charge on any atom is 0.416 e. The van der Waals surface area contributed by atoms with Crippen molar-refractivity contribution in [1.29, 1.82) is 0 Å². The van der Waals surface area contributed by atoms with Crippen LogP contribution >= 0.6 is 0 Å². The summed E-state index contributed by atoms with van der Waals surface area (Å²) in [7, 11) is 0. The smallest absolute Gasteiger partial charge is 0.416 e. The molecule has 8 heteroatoms. The summed E-state index contributed by atoms with van der Waals surface area (Å²) in [5, 5.41) is 3.61. The minimum atomic E-state index is -4.45. The van der Waals surface area contributed by atoms with E-state index in [4.69, 9.17) is 9.26 Å².